The van der Waals surface area contributed by atoms with Crippen molar-refractivity contribution in [3.63, 3.8) is 0 Å². The number of pyridine rings is 2. The summed E-state index contributed by atoms with van der Waals surface area (Å²) in [7, 11) is 3.36. The quantitative estimate of drug-likeness (QED) is 0.649. The van der Waals surface area contributed by atoms with E-state index in [-0.39, 0.29) is 6.03 Å². The van der Waals surface area contributed by atoms with Crippen molar-refractivity contribution in [1.29, 1.82) is 0 Å². The van der Waals surface area contributed by atoms with Crippen LogP contribution in [0.15, 0.2) is 24.5 Å². The Bertz CT molecular complexity index is 1170. The molecule has 3 aromatic rings. The van der Waals surface area contributed by atoms with Crippen molar-refractivity contribution in [3.05, 3.63) is 30.1 Å². The standard InChI is InChI=1S/C22H28N8O2/c1-13-10-29(11-14(2)24-13)18-5-7-23-20-16(18)6-8-30(20)22(31)25-17-9-15-12-28(3)27-19(15)26-21(17)32-4/h5,7,9,12-14,24H,6,8,10-11H2,1-4H3,(H,25,31)/t13-,14+. The maximum atomic E-state index is 13.2. The molecule has 10 nitrogen and oxygen atoms in total. The van der Waals surface area contributed by atoms with Gasteiger partial charge in [0.05, 0.1) is 7.11 Å². The molecule has 2 amide bonds. The maximum Gasteiger partial charge on any atom is 0.327 e. The van der Waals surface area contributed by atoms with Crippen LogP contribution in [-0.2, 0) is 13.5 Å². The molecule has 32 heavy (non-hydrogen) atoms. The zero-order valence-electron chi connectivity index (χ0n) is 18.8. The van der Waals surface area contributed by atoms with Gasteiger partial charge in [-0.3, -0.25) is 9.58 Å². The third kappa shape index (κ3) is 3.60. The largest absolute Gasteiger partial charge is 0.479 e. The van der Waals surface area contributed by atoms with Gasteiger partial charge in [-0.2, -0.15) is 10.1 Å². The Labute approximate surface area is 186 Å². The van der Waals surface area contributed by atoms with Crippen molar-refractivity contribution < 1.29 is 9.53 Å². The predicted octanol–water partition coefficient (Wildman–Crippen LogP) is 2.15. The number of ether oxygens (including phenoxy) is 1. The maximum absolute atomic E-state index is 13.2. The number of piperazine rings is 1. The Morgan fingerprint density at radius 2 is 2.06 bits per heavy atom. The Hall–Kier alpha value is -3.40. The molecule has 5 rings (SSSR count). The lowest BCUT2D eigenvalue weighted by Crippen LogP contribution is -2.54. The number of carbonyl (C=O) groups is 1. The van der Waals surface area contributed by atoms with Gasteiger partial charge in [0.15, 0.2) is 5.65 Å². The monoisotopic (exact) mass is 436 g/mol. The number of carbonyl (C=O) groups excluding carboxylic acids is 1. The number of rotatable bonds is 3. The van der Waals surface area contributed by atoms with Gasteiger partial charge in [-0.05, 0) is 32.4 Å². The van der Waals surface area contributed by atoms with Gasteiger partial charge < -0.3 is 20.3 Å². The highest BCUT2D eigenvalue weighted by molar-refractivity contribution is 6.04. The van der Waals surface area contributed by atoms with E-state index in [9.17, 15) is 4.79 Å². The number of urea groups is 1. The van der Waals surface area contributed by atoms with Crippen LogP contribution < -0.4 is 25.2 Å². The van der Waals surface area contributed by atoms with Crippen LogP contribution in [0.4, 0.5) is 22.0 Å². The van der Waals surface area contributed by atoms with Gasteiger partial charge in [-0.25, -0.2) is 9.78 Å². The lowest BCUT2D eigenvalue weighted by molar-refractivity contribution is 0.257. The topological polar surface area (TPSA) is 100 Å². The van der Waals surface area contributed by atoms with Gasteiger partial charge in [0.2, 0.25) is 5.88 Å². The van der Waals surface area contributed by atoms with Crippen LogP contribution in [-0.4, -0.2) is 64.6 Å². The van der Waals surface area contributed by atoms with Gasteiger partial charge in [0.1, 0.15) is 11.5 Å². The Kier molecular flexibility index (Phi) is 5.09. The van der Waals surface area contributed by atoms with Crippen LogP contribution >= 0.6 is 0 Å². The number of hydrogen-bond donors (Lipinski definition) is 2. The van der Waals surface area contributed by atoms with Crippen molar-refractivity contribution in [2.75, 3.05) is 41.9 Å². The van der Waals surface area contributed by atoms with E-state index in [4.69, 9.17) is 4.74 Å². The number of aryl methyl sites for hydroxylation is 1. The molecule has 2 N–H and O–H groups in total. The van der Waals surface area contributed by atoms with Crippen molar-refractivity contribution >= 4 is 34.3 Å². The fourth-order valence-corrected chi connectivity index (χ4v) is 4.78. The molecular formula is C22H28N8O2. The third-order valence-electron chi connectivity index (χ3n) is 6.00. The molecule has 0 unspecified atom stereocenters. The van der Waals surface area contributed by atoms with E-state index in [0.717, 1.165) is 30.5 Å². The second-order valence-electron chi connectivity index (χ2n) is 8.60. The number of hydrogen-bond acceptors (Lipinski definition) is 7. The van der Waals surface area contributed by atoms with E-state index in [1.807, 2.05) is 19.3 Å². The van der Waals surface area contributed by atoms with E-state index in [1.165, 1.54) is 12.8 Å². The summed E-state index contributed by atoms with van der Waals surface area (Å²) in [5.74, 6) is 1.04. The number of anilines is 3. The highest BCUT2D eigenvalue weighted by atomic mass is 16.5. The first-order valence-corrected chi connectivity index (χ1v) is 10.9. The minimum atomic E-state index is -0.251. The van der Waals surface area contributed by atoms with Crippen molar-refractivity contribution in [1.82, 2.24) is 25.1 Å². The highest BCUT2D eigenvalue weighted by Gasteiger charge is 2.32. The molecule has 168 valence electrons. The molecule has 0 aromatic carbocycles. The summed E-state index contributed by atoms with van der Waals surface area (Å²) >= 11 is 0. The molecule has 2 aliphatic heterocycles. The van der Waals surface area contributed by atoms with Crippen LogP contribution in [0.5, 0.6) is 5.88 Å². The average molecular weight is 437 g/mol. The smallest absolute Gasteiger partial charge is 0.327 e. The first kappa shape index (κ1) is 20.5. The van der Waals surface area contributed by atoms with Crippen molar-refractivity contribution in [3.8, 4) is 5.88 Å². The lowest BCUT2D eigenvalue weighted by atomic mass is 10.1. The minimum Gasteiger partial charge on any atom is -0.479 e. The Morgan fingerprint density at radius 3 is 2.81 bits per heavy atom. The molecule has 1 fully saturated rings. The Balaban J connectivity index is 1.41. The fraction of sp³-hybridized carbons (Fsp3) is 0.455. The van der Waals surface area contributed by atoms with Gasteiger partial charge in [-0.1, -0.05) is 0 Å². The number of methoxy groups -OCH3 is 1. The van der Waals surface area contributed by atoms with Crippen LogP contribution in [0.25, 0.3) is 11.0 Å². The van der Waals surface area contributed by atoms with Crippen LogP contribution in [0, 0.1) is 0 Å². The number of aromatic nitrogens is 4. The predicted molar refractivity (Wildman–Crippen MR) is 124 cm³/mol. The van der Waals surface area contributed by atoms with Gasteiger partial charge in [0.25, 0.3) is 0 Å². The summed E-state index contributed by atoms with van der Waals surface area (Å²) in [6.07, 6.45) is 4.42. The Morgan fingerprint density at radius 1 is 1.28 bits per heavy atom. The van der Waals surface area contributed by atoms with Gasteiger partial charge in [-0.15, -0.1) is 0 Å². The molecule has 2 atom stereocenters. The number of fused-ring (bicyclic) bond motifs is 2. The molecule has 0 radical (unpaired) electrons. The van der Waals surface area contributed by atoms with Gasteiger partial charge in [0, 0.05) is 67.8 Å². The summed E-state index contributed by atoms with van der Waals surface area (Å²) in [4.78, 5) is 26.3. The second-order valence-corrected chi connectivity index (χ2v) is 8.60. The minimum absolute atomic E-state index is 0.251. The van der Waals surface area contributed by atoms with E-state index in [2.05, 4.69) is 50.5 Å². The molecule has 0 spiro atoms. The molecule has 1 saturated heterocycles. The van der Waals surface area contributed by atoms with Crippen LogP contribution in [0.1, 0.15) is 19.4 Å². The number of nitrogens with one attached hydrogen (secondary N) is 2. The van der Waals surface area contributed by atoms with E-state index in [0.29, 0.717) is 41.7 Å². The van der Waals surface area contributed by atoms with E-state index in [1.54, 1.807) is 15.8 Å². The number of amides is 2. The van der Waals surface area contributed by atoms with E-state index < -0.39 is 0 Å². The van der Waals surface area contributed by atoms with Crippen LogP contribution in [0.2, 0.25) is 0 Å². The highest BCUT2D eigenvalue weighted by Crippen LogP contribution is 2.35. The SMILES string of the molecule is COc1nc2nn(C)cc2cc1NC(=O)N1CCc2c(N3C[C@@H](C)N[C@@H](C)C3)ccnc21. The first-order valence-electron chi connectivity index (χ1n) is 10.9. The normalized spacial score (nSPS) is 20.5. The summed E-state index contributed by atoms with van der Waals surface area (Å²) < 4.78 is 7.08. The lowest BCUT2D eigenvalue weighted by Gasteiger charge is -2.38. The first-order chi connectivity index (χ1) is 15.4. The third-order valence-corrected chi connectivity index (χ3v) is 6.00. The fourth-order valence-electron chi connectivity index (χ4n) is 4.78. The van der Waals surface area contributed by atoms with Crippen molar-refractivity contribution in [2.24, 2.45) is 7.05 Å². The molecule has 5 heterocycles. The molecule has 10 heteroatoms. The van der Waals surface area contributed by atoms with E-state index >= 15 is 0 Å². The van der Waals surface area contributed by atoms with Crippen LogP contribution in [0.3, 0.4) is 0 Å². The molecule has 0 aliphatic carbocycles. The van der Waals surface area contributed by atoms with Gasteiger partial charge >= 0.3 is 6.03 Å². The summed E-state index contributed by atoms with van der Waals surface area (Å²) in [6, 6.07) is 4.46. The number of nitrogens with zero attached hydrogens (tertiary/aromatic N) is 6. The van der Waals surface area contributed by atoms with Crippen molar-refractivity contribution in [2.45, 2.75) is 32.4 Å². The summed E-state index contributed by atoms with van der Waals surface area (Å²) in [6.45, 7) is 6.84. The zero-order chi connectivity index (χ0) is 22.4. The average Bonchev–Trinajstić information content (AvgIpc) is 3.34. The molecular weight excluding hydrogens is 408 g/mol. The molecule has 0 saturated carbocycles. The second kappa shape index (κ2) is 7.94. The molecule has 0 bridgehead atoms. The summed E-state index contributed by atoms with van der Waals surface area (Å²) in [5, 5.41) is 11.7. The summed E-state index contributed by atoms with van der Waals surface area (Å²) in [5.41, 5.74) is 3.37. The molecule has 3 aromatic heterocycles. The molecule has 2 aliphatic rings. The zero-order valence-corrected chi connectivity index (χ0v) is 18.8.